The molecule has 2 saturated heterocycles. The molecular formula is C47H46N8O6. The Balaban J connectivity index is 0.925. The van der Waals surface area contributed by atoms with Gasteiger partial charge in [0.15, 0.2) is 0 Å². The second-order valence-electron chi connectivity index (χ2n) is 15.6. The van der Waals surface area contributed by atoms with Crippen LogP contribution in [0.4, 0.5) is 9.59 Å². The zero-order valence-corrected chi connectivity index (χ0v) is 33.9. The van der Waals surface area contributed by atoms with E-state index in [2.05, 4.69) is 57.0 Å². The number of aromatic amines is 2. The number of hydrogen-bond acceptors (Lipinski definition) is 8. The Morgan fingerprint density at radius 3 is 1.72 bits per heavy atom. The Hall–Kier alpha value is -7.22. The number of fused-ring (bicyclic) bond motifs is 3. The van der Waals surface area contributed by atoms with Crippen molar-refractivity contribution < 1.29 is 28.7 Å². The summed E-state index contributed by atoms with van der Waals surface area (Å²) in [4.78, 5) is 73.0. The second-order valence-corrected chi connectivity index (χ2v) is 15.6. The molecule has 61 heavy (non-hydrogen) atoms. The van der Waals surface area contributed by atoms with E-state index in [9.17, 15) is 19.2 Å². The number of H-pyrrole nitrogens is 2. The Kier molecular flexibility index (Phi) is 10.8. The molecule has 3 aliphatic rings. The van der Waals surface area contributed by atoms with Crippen molar-refractivity contribution in [3.8, 4) is 33.6 Å². The van der Waals surface area contributed by atoms with E-state index in [0.29, 0.717) is 35.9 Å². The molecule has 310 valence electrons. The van der Waals surface area contributed by atoms with Crippen LogP contribution in [0.2, 0.25) is 0 Å². The van der Waals surface area contributed by atoms with Gasteiger partial charge in [0.2, 0.25) is 0 Å². The van der Waals surface area contributed by atoms with Gasteiger partial charge in [-0.25, -0.2) is 19.6 Å². The minimum Gasteiger partial charge on any atom is -0.453 e. The third kappa shape index (κ3) is 7.60. The van der Waals surface area contributed by atoms with Crippen molar-refractivity contribution in [3.05, 3.63) is 143 Å². The summed E-state index contributed by atoms with van der Waals surface area (Å²) in [6.07, 6.45) is 6.14. The zero-order valence-electron chi connectivity index (χ0n) is 33.9. The molecular weight excluding hydrogens is 773 g/mol. The molecule has 14 heteroatoms. The van der Waals surface area contributed by atoms with E-state index in [1.807, 2.05) is 73.1 Å². The van der Waals surface area contributed by atoms with Crippen molar-refractivity contribution in [3.63, 3.8) is 0 Å². The number of amides is 4. The quantitative estimate of drug-likeness (QED) is 0.109. The van der Waals surface area contributed by atoms with Crippen LogP contribution in [0.1, 0.15) is 83.8 Å². The Bertz CT molecular complexity index is 2590. The summed E-state index contributed by atoms with van der Waals surface area (Å²) in [7, 11) is 2.57. The summed E-state index contributed by atoms with van der Waals surface area (Å²) in [5.74, 6) is 0.969. The Labute approximate surface area is 352 Å². The van der Waals surface area contributed by atoms with Gasteiger partial charge in [0.05, 0.1) is 50.1 Å². The third-order valence-corrected chi connectivity index (χ3v) is 12.1. The summed E-state index contributed by atoms with van der Waals surface area (Å²) in [5, 5.41) is 5.46. The summed E-state index contributed by atoms with van der Waals surface area (Å²) in [5.41, 5.74) is 9.81. The van der Waals surface area contributed by atoms with Gasteiger partial charge < -0.3 is 39.9 Å². The molecule has 2 aromatic heterocycles. The van der Waals surface area contributed by atoms with Crippen molar-refractivity contribution in [2.24, 2.45) is 0 Å². The first-order valence-electron chi connectivity index (χ1n) is 20.6. The van der Waals surface area contributed by atoms with Gasteiger partial charge in [0, 0.05) is 18.7 Å². The molecule has 4 atom stereocenters. The van der Waals surface area contributed by atoms with E-state index in [1.54, 1.807) is 9.80 Å². The normalized spacial score (nSPS) is 17.6. The number of rotatable bonds is 10. The van der Waals surface area contributed by atoms with E-state index in [4.69, 9.17) is 19.4 Å². The number of nitrogens with one attached hydrogen (secondary N) is 4. The molecule has 2 fully saturated rings. The lowest BCUT2D eigenvalue weighted by molar-refractivity contribution is -0.135. The lowest BCUT2D eigenvalue weighted by Gasteiger charge is -2.28. The average Bonchev–Trinajstić information content (AvgIpc) is 4.16. The van der Waals surface area contributed by atoms with Crippen LogP contribution < -0.4 is 10.6 Å². The smallest absolute Gasteiger partial charge is 0.407 e. The van der Waals surface area contributed by atoms with E-state index in [0.717, 1.165) is 65.7 Å². The maximum Gasteiger partial charge on any atom is 0.407 e. The zero-order chi connectivity index (χ0) is 42.0. The number of ether oxygens (including phenoxy) is 2. The minimum absolute atomic E-state index is 0.216. The van der Waals surface area contributed by atoms with Crippen LogP contribution in [0.5, 0.6) is 0 Å². The van der Waals surface area contributed by atoms with Crippen molar-refractivity contribution in [1.29, 1.82) is 0 Å². The summed E-state index contributed by atoms with van der Waals surface area (Å²) in [6.45, 7) is 1.09. The first kappa shape index (κ1) is 39.3. The van der Waals surface area contributed by atoms with Crippen LogP contribution in [0.3, 0.4) is 0 Å². The number of methoxy groups -OCH3 is 2. The summed E-state index contributed by atoms with van der Waals surface area (Å²) < 4.78 is 9.71. The van der Waals surface area contributed by atoms with Gasteiger partial charge >= 0.3 is 12.2 Å². The number of likely N-dealkylation sites (tertiary alicyclic amines) is 2. The molecule has 0 bridgehead atoms. The molecule has 6 aromatic rings. The molecule has 9 rings (SSSR count). The molecule has 4 N–H and O–H groups in total. The topological polar surface area (TPSA) is 175 Å². The van der Waals surface area contributed by atoms with Gasteiger partial charge in [-0.05, 0) is 77.1 Å². The van der Waals surface area contributed by atoms with Crippen LogP contribution in [0.15, 0.2) is 109 Å². The highest BCUT2D eigenvalue weighted by Gasteiger charge is 2.39. The number of aromatic nitrogens is 4. The lowest BCUT2D eigenvalue weighted by atomic mass is 9.99. The number of carbonyl (C=O) groups is 4. The molecule has 4 aromatic carbocycles. The van der Waals surface area contributed by atoms with Crippen molar-refractivity contribution in [2.45, 2.75) is 56.3 Å². The third-order valence-electron chi connectivity index (χ3n) is 12.1. The maximum absolute atomic E-state index is 14.1. The van der Waals surface area contributed by atoms with Crippen LogP contribution in [-0.2, 0) is 25.5 Å². The molecule has 14 nitrogen and oxygen atoms in total. The molecule has 4 heterocycles. The van der Waals surface area contributed by atoms with E-state index in [1.165, 1.54) is 25.3 Å². The molecule has 1 aliphatic carbocycles. The first-order valence-corrected chi connectivity index (χ1v) is 20.6. The minimum atomic E-state index is -0.894. The van der Waals surface area contributed by atoms with Gasteiger partial charge in [-0.3, -0.25) is 9.59 Å². The van der Waals surface area contributed by atoms with Gasteiger partial charge in [0.1, 0.15) is 23.7 Å². The maximum atomic E-state index is 14.1. The number of imidazole rings is 2. The number of benzene rings is 4. The highest BCUT2D eigenvalue weighted by atomic mass is 16.5. The van der Waals surface area contributed by atoms with Crippen LogP contribution in [0, 0.1) is 0 Å². The SMILES string of the molecule is COC(=O)N[C@H](C(=O)N1CCC[C@@H]1c1ncc(-c2cccc3c2Cc2cc(-c4cnc([C@@H]5CCCN5C(=O)[C@H](NC(=O)OC)c5ccccc5)[nH]4)ccc2-3)[nH]1)c1ccccc1. The van der Waals surface area contributed by atoms with Crippen molar-refractivity contribution >= 4 is 24.0 Å². The number of alkyl carbamates (subject to hydrolysis) is 2. The molecule has 2 aliphatic heterocycles. The van der Waals surface area contributed by atoms with Gasteiger partial charge in [-0.15, -0.1) is 0 Å². The molecule has 0 saturated carbocycles. The second kappa shape index (κ2) is 16.8. The van der Waals surface area contributed by atoms with E-state index < -0.39 is 24.3 Å². The lowest BCUT2D eigenvalue weighted by Crippen LogP contribution is -2.42. The highest BCUT2D eigenvalue weighted by molar-refractivity contribution is 5.89. The van der Waals surface area contributed by atoms with E-state index in [-0.39, 0.29) is 23.9 Å². The predicted molar refractivity (Wildman–Crippen MR) is 227 cm³/mol. The molecule has 4 amide bonds. The van der Waals surface area contributed by atoms with Gasteiger partial charge in [0.25, 0.3) is 11.8 Å². The van der Waals surface area contributed by atoms with Crippen LogP contribution in [-0.4, -0.2) is 81.0 Å². The standard InChI is InChI=1S/C47H46N8O6/c1-60-46(58)52-40(28-12-5-3-6-13-28)44(56)54-22-10-18-38(54)42-48-26-36(50-42)30-20-21-32-31(24-30)25-35-33(32)16-9-17-34(35)37-27-49-43(51-37)39-19-11-23-55(39)45(57)41(53-47(59)61-2)29-14-7-4-8-15-29/h3-9,12-17,20-21,24,26-27,38-41H,10-11,18-19,22-23,25H2,1-2H3,(H,48,50)(H,49,51)(H,52,58)(H,53,59)/t38-,39+,40+,41-/m0/s1. The molecule has 0 radical (unpaired) electrons. The van der Waals surface area contributed by atoms with Crippen LogP contribution >= 0.6 is 0 Å². The highest BCUT2D eigenvalue weighted by Crippen LogP contribution is 2.44. The number of nitrogens with zero attached hydrogens (tertiary/aromatic N) is 4. The van der Waals surface area contributed by atoms with Crippen molar-refractivity contribution in [2.75, 3.05) is 27.3 Å². The predicted octanol–water partition coefficient (Wildman–Crippen LogP) is 7.56. The fourth-order valence-corrected chi connectivity index (χ4v) is 9.12. The fourth-order valence-electron chi connectivity index (χ4n) is 9.12. The largest absolute Gasteiger partial charge is 0.453 e. The van der Waals surface area contributed by atoms with Gasteiger partial charge in [-0.1, -0.05) is 91.0 Å². The fraction of sp³-hybridized carbons (Fsp3) is 0.277. The monoisotopic (exact) mass is 818 g/mol. The molecule has 0 unspecified atom stereocenters. The first-order chi connectivity index (χ1) is 29.8. The average molecular weight is 819 g/mol. The van der Waals surface area contributed by atoms with E-state index >= 15 is 0 Å². The number of carbonyl (C=O) groups excluding carboxylic acids is 4. The van der Waals surface area contributed by atoms with Crippen LogP contribution in [0.25, 0.3) is 33.6 Å². The Morgan fingerprint density at radius 2 is 1.16 bits per heavy atom. The van der Waals surface area contributed by atoms with Crippen molar-refractivity contribution in [1.82, 2.24) is 40.4 Å². The molecule has 0 spiro atoms. The number of hydrogen-bond donors (Lipinski definition) is 4. The van der Waals surface area contributed by atoms with Gasteiger partial charge in [-0.2, -0.15) is 0 Å². The summed E-state index contributed by atoms with van der Waals surface area (Å²) in [6, 6.07) is 28.8. The summed E-state index contributed by atoms with van der Waals surface area (Å²) >= 11 is 0. The Morgan fingerprint density at radius 1 is 0.639 bits per heavy atom.